The van der Waals surface area contributed by atoms with E-state index in [2.05, 4.69) is 10.3 Å². The van der Waals surface area contributed by atoms with E-state index in [4.69, 9.17) is 4.74 Å². The van der Waals surface area contributed by atoms with Gasteiger partial charge in [-0.25, -0.2) is 0 Å². The lowest BCUT2D eigenvalue weighted by Crippen LogP contribution is -2.36. The van der Waals surface area contributed by atoms with Gasteiger partial charge in [-0.15, -0.1) is 0 Å². The van der Waals surface area contributed by atoms with Gasteiger partial charge in [0.15, 0.2) is 0 Å². The quantitative estimate of drug-likeness (QED) is 0.604. The number of pyridine rings is 1. The maximum Gasteiger partial charge on any atom is 0.256 e. The highest BCUT2D eigenvalue weighted by molar-refractivity contribution is 5.95. The Hall–Kier alpha value is -3.34. The van der Waals surface area contributed by atoms with E-state index in [0.29, 0.717) is 12.1 Å². The number of carbonyl (C=O) groups excluding carboxylic acids is 1. The van der Waals surface area contributed by atoms with Crippen LogP contribution in [0.3, 0.4) is 0 Å². The number of amides is 1. The van der Waals surface area contributed by atoms with Crippen molar-refractivity contribution in [2.75, 3.05) is 12.4 Å². The number of benzene rings is 2. The number of nitrogens with one attached hydrogen (secondary N) is 1. The molecule has 0 aliphatic rings. The van der Waals surface area contributed by atoms with E-state index >= 15 is 0 Å². The number of aryl methyl sites for hydroxylation is 1. The highest BCUT2D eigenvalue weighted by atomic mass is 16.5. The van der Waals surface area contributed by atoms with Crippen LogP contribution in [-0.4, -0.2) is 28.9 Å². The van der Waals surface area contributed by atoms with Crippen LogP contribution in [-0.2, 0) is 6.54 Å². The van der Waals surface area contributed by atoms with Crippen molar-refractivity contribution in [2.24, 2.45) is 0 Å². The second-order valence-corrected chi connectivity index (χ2v) is 7.30. The summed E-state index contributed by atoms with van der Waals surface area (Å²) in [6.07, 6.45) is 3.32. The molecule has 0 saturated heterocycles. The molecule has 3 rings (SSSR count). The molecule has 1 aromatic heterocycles. The third kappa shape index (κ3) is 5.13. The van der Waals surface area contributed by atoms with E-state index in [1.807, 2.05) is 80.3 Å². The normalized spacial score (nSPS) is 10.7. The maximum absolute atomic E-state index is 13.2. The molecule has 0 atom stereocenters. The van der Waals surface area contributed by atoms with Crippen molar-refractivity contribution >= 4 is 17.3 Å². The molecule has 1 heterocycles. The van der Waals surface area contributed by atoms with E-state index in [1.54, 1.807) is 19.5 Å². The molecule has 0 radical (unpaired) electrons. The summed E-state index contributed by atoms with van der Waals surface area (Å²) in [5.74, 6) is 0.691. The number of aromatic nitrogens is 1. The summed E-state index contributed by atoms with van der Waals surface area (Å²) in [5.41, 5.74) is 4.34. The average molecular weight is 389 g/mol. The first-order valence-electron chi connectivity index (χ1n) is 9.69. The second kappa shape index (κ2) is 9.24. The number of rotatable bonds is 7. The Morgan fingerprint density at radius 2 is 1.86 bits per heavy atom. The smallest absolute Gasteiger partial charge is 0.256 e. The summed E-state index contributed by atoms with van der Waals surface area (Å²) in [7, 11) is 1.64. The molecule has 0 unspecified atom stereocenters. The Kier molecular flexibility index (Phi) is 6.50. The number of hydrogen-bond acceptors (Lipinski definition) is 4. The summed E-state index contributed by atoms with van der Waals surface area (Å²) in [6, 6.07) is 17.8. The van der Waals surface area contributed by atoms with Gasteiger partial charge in [-0.05, 0) is 50.1 Å². The third-order valence-electron chi connectivity index (χ3n) is 4.70. The van der Waals surface area contributed by atoms with Crippen LogP contribution in [0.2, 0.25) is 0 Å². The second-order valence-electron chi connectivity index (χ2n) is 7.30. The fourth-order valence-electron chi connectivity index (χ4n) is 3.14. The van der Waals surface area contributed by atoms with E-state index in [-0.39, 0.29) is 11.9 Å². The molecule has 0 spiro atoms. The predicted octanol–water partition coefficient (Wildman–Crippen LogP) is 5.19. The molecule has 3 aromatic rings. The number of carbonyl (C=O) groups is 1. The number of anilines is 2. The third-order valence-corrected chi connectivity index (χ3v) is 4.70. The van der Waals surface area contributed by atoms with Crippen molar-refractivity contribution < 1.29 is 9.53 Å². The first-order valence-corrected chi connectivity index (χ1v) is 9.69. The topological polar surface area (TPSA) is 54.5 Å². The lowest BCUT2D eigenvalue weighted by Gasteiger charge is -2.27. The SMILES string of the molecule is COc1ccc(C)cc1Nc1cncc(C(=O)N(Cc2ccccc2)C(C)C)c1. The molecular formula is C24H27N3O2. The van der Waals surface area contributed by atoms with Gasteiger partial charge in [0.25, 0.3) is 5.91 Å². The zero-order valence-corrected chi connectivity index (χ0v) is 17.3. The number of hydrogen-bond donors (Lipinski definition) is 1. The van der Waals surface area contributed by atoms with Gasteiger partial charge in [0, 0.05) is 18.8 Å². The van der Waals surface area contributed by atoms with E-state index in [0.717, 1.165) is 28.3 Å². The minimum absolute atomic E-state index is 0.0452. The van der Waals surface area contributed by atoms with Crippen LogP contribution in [0.4, 0.5) is 11.4 Å². The summed E-state index contributed by atoms with van der Waals surface area (Å²) >= 11 is 0. The van der Waals surface area contributed by atoms with Crippen molar-refractivity contribution in [3.05, 3.63) is 83.7 Å². The zero-order valence-electron chi connectivity index (χ0n) is 17.3. The van der Waals surface area contributed by atoms with Crippen LogP contribution in [0.15, 0.2) is 67.0 Å². The van der Waals surface area contributed by atoms with Gasteiger partial charge < -0.3 is 15.0 Å². The average Bonchev–Trinajstić information content (AvgIpc) is 2.72. The van der Waals surface area contributed by atoms with Crippen molar-refractivity contribution in [3.63, 3.8) is 0 Å². The molecule has 1 N–H and O–H groups in total. The molecule has 0 saturated carbocycles. The van der Waals surface area contributed by atoms with Crippen LogP contribution >= 0.6 is 0 Å². The predicted molar refractivity (Wildman–Crippen MR) is 117 cm³/mol. The fraction of sp³-hybridized carbons (Fsp3) is 0.250. The van der Waals surface area contributed by atoms with Gasteiger partial charge in [-0.3, -0.25) is 9.78 Å². The zero-order chi connectivity index (χ0) is 20.8. The molecule has 150 valence electrons. The summed E-state index contributed by atoms with van der Waals surface area (Å²) in [5, 5.41) is 3.32. The van der Waals surface area contributed by atoms with Crippen molar-refractivity contribution in [3.8, 4) is 5.75 Å². The largest absolute Gasteiger partial charge is 0.495 e. The lowest BCUT2D eigenvalue weighted by molar-refractivity contribution is 0.0690. The molecule has 0 aliphatic carbocycles. The van der Waals surface area contributed by atoms with Gasteiger partial charge in [0.1, 0.15) is 5.75 Å². The van der Waals surface area contributed by atoms with Gasteiger partial charge in [0.05, 0.1) is 30.2 Å². The standard InChI is InChI=1S/C24H27N3O2/c1-17(2)27(16-19-8-6-5-7-9-19)24(28)20-13-21(15-25-14-20)26-22-12-18(3)10-11-23(22)29-4/h5-15,17,26H,16H2,1-4H3. The lowest BCUT2D eigenvalue weighted by atomic mass is 10.1. The summed E-state index contributed by atoms with van der Waals surface area (Å²) in [4.78, 5) is 19.3. The summed E-state index contributed by atoms with van der Waals surface area (Å²) in [6.45, 7) is 6.62. The number of methoxy groups -OCH3 is 1. The monoisotopic (exact) mass is 389 g/mol. The Balaban J connectivity index is 1.84. The number of ether oxygens (including phenoxy) is 1. The molecule has 2 aromatic carbocycles. The van der Waals surface area contributed by atoms with Crippen LogP contribution in [0.1, 0.15) is 35.3 Å². The maximum atomic E-state index is 13.2. The van der Waals surface area contributed by atoms with Crippen LogP contribution in [0.25, 0.3) is 0 Å². The summed E-state index contributed by atoms with van der Waals surface area (Å²) < 4.78 is 5.43. The van der Waals surface area contributed by atoms with E-state index in [1.165, 1.54) is 0 Å². The van der Waals surface area contributed by atoms with Crippen molar-refractivity contribution in [1.82, 2.24) is 9.88 Å². The first kappa shape index (κ1) is 20.4. The van der Waals surface area contributed by atoms with Crippen molar-refractivity contribution in [1.29, 1.82) is 0 Å². The molecule has 0 bridgehead atoms. The molecule has 0 fully saturated rings. The van der Waals surface area contributed by atoms with E-state index in [9.17, 15) is 4.79 Å². The van der Waals surface area contributed by atoms with Gasteiger partial charge in [-0.1, -0.05) is 36.4 Å². The molecule has 29 heavy (non-hydrogen) atoms. The van der Waals surface area contributed by atoms with Crippen LogP contribution in [0.5, 0.6) is 5.75 Å². The van der Waals surface area contributed by atoms with Gasteiger partial charge >= 0.3 is 0 Å². The molecule has 5 heteroatoms. The Morgan fingerprint density at radius 1 is 1.10 bits per heavy atom. The van der Waals surface area contributed by atoms with Gasteiger partial charge in [-0.2, -0.15) is 0 Å². The fourth-order valence-corrected chi connectivity index (χ4v) is 3.14. The number of nitrogens with zero attached hydrogens (tertiary/aromatic N) is 2. The van der Waals surface area contributed by atoms with E-state index < -0.39 is 0 Å². The molecular weight excluding hydrogens is 362 g/mol. The van der Waals surface area contributed by atoms with Crippen LogP contribution < -0.4 is 10.1 Å². The Morgan fingerprint density at radius 3 is 2.55 bits per heavy atom. The molecule has 1 amide bonds. The van der Waals surface area contributed by atoms with Crippen molar-refractivity contribution in [2.45, 2.75) is 33.4 Å². The first-order chi connectivity index (χ1) is 14.0. The highest BCUT2D eigenvalue weighted by Crippen LogP contribution is 2.28. The minimum Gasteiger partial charge on any atom is -0.495 e. The molecule has 0 aliphatic heterocycles. The minimum atomic E-state index is -0.0452. The highest BCUT2D eigenvalue weighted by Gasteiger charge is 2.20. The molecule has 5 nitrogen and oxygen atoms in total. The Labute approximate surface area is 172 Å². The van der Waals surface area contributed by atoms with Crippen LogP contribution in [0, 0.1) is 6.92 Å². The van der Waals surface area contributed by atoms with Gasteiger partial charge in [0.2, 0.25) is 0 Å². The Bertz CT molecular complexity index is 971.